The van der Waals surface area contributed by atoms with E-state index in [4.69, 9.17) is 4.74 Å². The van der Waals surface area contributed by atoms with Gasteiger partial charge in [-0.2, -0.15) is 0 Å². The van der Waals surface area contributed by atoms with E-state index >= 15 is 0 Å². The fourth-order valence-electron chi connectivity index (χ4n) is 2.06. The van der Waals surface area contributed by atoms with Gasteiger partial charge in [-0.15, -0.1) is 0 Å². The predicted molar refractivity (Wildman–Crippen MR) is 60.5 cm³/mol. The minimum Gasteiger partial charge on any atom is -0.374 e. The van der Waals surface area contributed by atoms with E-state index < -0.39 is 0 Å². The Bertz CT molecular complexity index is 145. The molecule has 1 fully saturated rings. The van der Waals surface area contributed by atoms with Crippen LogP contribution in [0.4, 0.5) is 0 Å². The van der Waals surface area contributed by atoms with Crippen molar-refractivity contribution in [2.24, 2.45) is 5.92 Å². The van der Waals surface area contributed by atoms with E-state index in [1.54, 1.807) is 0 Å². The third kappa shape index (κ3) is 3.97. The highest BCUT2D eigenvalue weighted by Crippen LogP contribution is 2.18. The van der Waals surface area contributed by atoms with Crippen LogP contribution in [0.5, 0.6) is 0 Å². The molecule has 84 valence electrons. The van der Waals surface area contributed by atoms with Gasteiger partial charge in [0, 0.05) is 6.54 Å². The average Bonchev–Trinajstić information content (AvgIpc) is 2.59. The lowest BCUT2D eigenvalue weighted by atomic mass is 10.0. The van der Waals surface area contributed by atoms with Crippen molar-refractivity contribution in [1.82, 2.24) is 5.32 Å². The van der Waals surface area contributed by atoms with E-state index in [9.17, 15) is 0 Å². The maximum Gasteiger partial charge on any atom is 0.0704 e. The van der Waals surface area contributed by atoms with Crippen LogP contribution in [0.3, 0.4) is 0 Å². The summed E-state index contributed by atoms with van der Waals surface area (Å²) in [7, 11) is 0. The van der Waals surface area contributed by atoms with Crippen LogP contribution in [-0.4, -0.2) is 25.3 Å². The molecular formula is C12H25NO. The fourth-order valence-corrected chi connectivity index (χ4v) is 2.06. The summed E-state index contributed by atoms with van der Waals surface area (Å²) in [5, 5.41) is 3.52. The molecule has 0 aromatic rings. The van der Waals surface area contributed by atoms with Crippen LogP contribution < -0.4 is 5.32 Å². The van der Waals surface area contributed by atoms with Gasteiger partial charge < -0.3 is 10.1 Å². The molecule has 0 bridgehead atoms. The highest BCUT2D eigenvalue weighted by molar-refractivity contribution is 4.73. The highest BCUT2D eigenvalue weighted by Gasteiger charge is 2.21. The molecule has 1 aliphatic rings. The van der Waals surface area contributed by atoms with Gasteiger partial charge in [-0.25, -0.2) is 0 Å². The van der Waals surface area contributed by atoms with E-state index in [0.717, 1.165) is 19.0 Å². The topological polar surface area (TPSA) is 21.3 Å². The van der Waals surface area contributed by atoms with Gasteiger partial charge in [0.1, 0.15) is 0 Å². The van der Waals surface area contributed by atoms with Gasteiger partial charge in [-0.3, -0.25) is 0 Å². The number of ether oxygens (including phenoxy) is 1. The first-order valence-electron chi connectivity index (χ1n) is 6.12. The zero-order valence-corrected chi connectivity index (χ0v) is 9.88. The first kappa shape index (κ1) is 12.0. The van der Waals surface area contributed by atoms with Crippen LogP contribution in [0.1, 0.15) is 46.5 Å². The molecule has 1 N–H and O–H groups in total. The van der Waals surface area contributed by atoms with E-state index in [2.05, 4.69) is 26.1 Å². The SMILES string of the molecule is CCC(CC)CNCC1CCC(C)O1. The molecule has 0 radical (unpaired) electrons. The van der Waals surface area contributed by atoms with Crippen molar-refractivity contribution in [2.75, 3.05) is 13.1 Å². The van der Waals surface area contributed by atoms with Gasteiger partial charge in [-0.05, 0) is 32.2 Å². The molecule has 2 unspecified atom stereocenters. The Morgan fingerprint density at radius 1 is 1.29 bits per heavy atom. The van der Waals surface area contributed by atoms with Crippen LogP contribution in [0.2, 0.25) is 0 Å². The summed E-state index contributed by atoms with van der Waals surface area (Å²) >= 11 is 0. The number of hydrogen-bond donors (Lipinski definition) is 1. The third-order valence-electron chi connectivity index (χ3n) is 3.28. The second-order valence-corrected chi connectivity index (χ2v) is 4.49. The Morgan fingerprint density at radius 2 is 2.00 bits per heavy atom. The molecule has 0 saturated carbocycles. The summed E-state index contributed by atoms with van der Waals surface area (Å²) in [4.78, 5) is 0. The van der Waals surface area contributed by atoms with Gasteiger partial charge in [0.2, 0.25) is 0 Å². The normalized spacial score (nSPS) is 27.4. The summed E-state index contributed by atoms with van der Waals surface area (Å²) in [6.45, 7) is 8.90. The summed E-state index contributed by atoms with van der Waals surface area (Å²) in [5.74, 6) is 0.842. The third-order valence-corrected chi connectivity index (χ3v) is 3.28. The van der Waals surface area contributed by atoms with E-state index in [-0.39, 0.29) is 0 Å². The minimum absolute atomic E-state index is 0.472. The average molecular weight is 199 g/mol. The van der Waals surface area contributed by atoms with Gasteiger partial charge >= 0.3 is 0 Å². The standard InChI is InChI=1S/C12H25NO/c1-4-11(5-2)8-13-9-12-7-6-10(3)14-12/h10-13H,4-9H2,1-3H3. The van der Waals surface area contributed by atoms with Gasteiger partial charge in [0.05, 0.1) is 12.2 Å². The Labute approximate surface area is 88.4 Å². The highest BCUT2D eigenvalue weighted by atomic mass is 16.5. The zero-order valence-electron chi connectivity index (χ0n) is 9.88. The van der Waals surface area contributed by atoms with Crippen molar-refractivity contribution in [3.63, 3.8) is 0 Å². The van der Waals surface area contributed by atoms with Crippen LogP contribution in [0.15, 0.2) is 0 Å². The molecule has 1 rings (SSSR count). The fraction of sp³-hybridized carbons (Fsp3) is 1.00. The first-order chi connectivity index (χ1) is 6.76. The lowest BCUT2D eigenvalue weighted by molar-refractivity contribution is 0.0555. The Kier molecular flexibility index (Phi) is 5.49. The van der Waals surface area contributed by atoms with Crippen molar-refractivity contribution in [1.29, 1.82) is 0 Å². The van der Waals surface area contributed by atoms with Crippen LogP contribution >= 0.6 is 0 Å². The number of rotatable bonds is 6. The van der Waals surface area contributed by atoms with Crippen molar-refractivity contribution in [3.8, 4) is 0 Å². The molecule has 0 aliphatic carbocycles. The maximum absolute atomic E-state index is 5.75. The molecule has 0 spiro atoms. The summed E-state index contributed by atoms with van der Waals surface area (Å²) < 4.78 is 5.75. The van der Waals surface area contributed by atoms with Crippen LogP contribution in [0, 0.1) is 5.92 Å². The quantitative estimate of drug-likeness (QED) is 0.710. The van der Waals surface area contributed by atoms with E-state index in [1.165, 1.54) is 25.7 Å². The molecular weight excluding hydrogens is 174 g/mol. The molecule has 2 heteroatoms. The molecule has 2 atom stereocenters. The number of nitrogens with one attached hydrogen (secondary N) is 1. The van der Waals surface area contributed by atoms with Crippen molar-refractivity contribution >= 4 is 0 Å². The maximum atomic E-state index is 5.75. The monoisotopic (exact) mass is 199 g/mol. The molecule has 1 aliphatic heterocycles. The van der Waals surface area contributed by atoms with Gasteiger partial charge in [-0.1, -0.05) is 26.7 Å². The van der Waals surface area contributed by atoms with Crippen molar-refractivity contribution in [2.45, 2.75) is 58.7 Å². The second-order valence-electron chi connectivity index (χ2n) is 4.49. The van der Waals surface area contributed by atoms with E-state index in [1.807, 2.05) is 0 Å². The molecule has 0 aromatic carbocycles. The molecule has 0 aromatic heterocycles. The number of hydrogen-bond acceptors (Lipinski definition) is 2. The van der Waals surface area contributed by atoms with Gasteiger partial charge in [0.15, 0.2) is 0 Å². The van der Waals surface area contributed by atoms with Crippen LogP contribution in [-0.2, 0) is 4.74 Å². The Balaban J connectivity index is 2.03. The first-order valence-corrected chi connectivity index (χ1v) is 6.12. The molecule has 14 heavy (non-hydrogen) atoms. The molecule has 0 amide bonds. The zero-order chi connectivity index (χ0) is 10.4. The molecule has 2 nitrogen and oxygen atoms in total. The smallest absolute Gasteiger partial charge is 0.0704 e. The van der Waals surface area contributed by atoms with Crippen molar-refractivity contribution < 1.29 is 4.74 Å². The Morgan fingerprint density at radius 3 is 2.50 bits per heavy atom. The largest absolute Gasteiger partial charge is 0.374 e. The summed E-state index contributed by atoms with van der Waals surface area (Å²) in [5.41, 5.74) is 0. The minimum atomic E-state index is 0.472. The summed E-state index contributed by atoms with van der Waals surface area (Å²) in [6.07, 6.45) is 5.99. The second kappa shape index (κ2) is 6.41. The van der Waals surface area contributed by atoms with Crippen LogP contribution in [0.25, 0.3) is 0 Å². The van der Waals surface area contributed by atoms with Crippen molar-refractivity contribution in [3.05, 3.63) is 0 Å². The summed E-state index contributed by atoms with van der Waals surface area (Å²) in [6, 6.07) is 0. The predicted octanol–water partition coefficient (Wildman–Crippen LogP) is 2.58. The molecule has 1 saturated heterocycles. The Hall–Kier alpha value is -0.0800. The molecule has 1 heterocycles. The lowest BCUT2D eigenvalue weighted by Gasteiger charge is -2.16. The van der Waals surface area contributed by atoms with Gasteiger partial charge in [0.25, 0.3) is 0 Å². The van der Waals surface area contributed by atoms with E-state index in [0.29, 0.717) is 12.2 Å². The lowest BCUT2D eigenvalue weighted by Crippen LogP contribution is -2.30.